The van der Waals surface area contributed by atoms with Crippen molar-refractivity contribution in [2.24, 2.45) is 4.99 Å². The Morgan fingerprint density at radius 3 is 2.53 bits per heavy atom. The Morgan fingerprint density at radius 1 is 1.16 bits per heavy atom. The van der Waals surface area contributed by atoms with Crippen LogP contribution in [-0.4, -0.2) is 19.3 Å². The van der Waals surface area contributed by atoms with E-state index in [2.05, 4.69) is 4.99 Å². The Balaban J connectivity index is 2.14. The average Bonchev–Trinajstić information content (AvgIpc) is 2.61. The van der Waals surface area contributed by atoms with Gasteiger partial charge in [-0.25, -0.2) is 9.18 Å². The van der Waals surface area contributed by atoms with Gasteiger partial charge in [0, 0.05) is 12.0 Å². The third-order valence-corrected chi connectivity index (χ3v) is 3.79. The van der Waals surface area contributed by atoms with Gasteiger partial charge in [-0.2, -0.15) is 4.99 Å². The zero-order chi connectivity index (χ0) is 13.3. The number of isocyanates is 1. The number of carbonyl (C=O) groups excluding carboxylic acids is 1. The molecule has 1 heterocycles. The Labute approximate surface area is 110 Å². The molecule has 0 amide bonds. The molecule has 100 valence electrons. The molecule has 3 rings (SSSR count). The van der Waals surface area contributed by atoms with Crippen LogP contribution in [0.25, 0.3) is 0 Å². The molecule has 0 radical (unpaired) electrons. The predicted molar refractivity (Wildman–Crippen MR) is 65.7 cm³/mol. The molecule has 0 spiro atoms. The first-order valence-corrected chi connectivity index (χ1v) is 6.44. The molecular formula is C14H14FNO3. The highest BCUT2D eigenvalue weighted by atomic mass is 19.1. The second-order valence-electron chi connectivity index (χ2n) is 4.89. The standard InChI is InChI=1S/C14H14FNO3/c15-11-4-3-10(14(16-9-17)5-1-6-14)12-13(11)19-8-2-7-18-12/h3-4H,1-2,5-8H2. The molecule has 1 saturated carbocycles. The van der Waals surface area contributed by atoms with E-state index in [-0.39, 0.29) is 5.75 Å². The first-order chi connectivity index (χ1) is 9.27. The van der Waals surface area contributed by atoms with E-state index < -0.39 is 11.4 Å². The first kappa shape index (κ1) is 12.2. The molecule has 1 aromatic carbocycles. The summed E-state index contributed by atoms with van der Waals surface area (Å²) in [4.78, 5) is 14.6. The van der Waals surface area contributed by atoms with Crippen molar-refractivity contribution in [3.05, 3.63) is 23.5 Å². The molecule has 1 aliphatic heterocycles. The molecule has 0 aromatic heterocycles. The minimum Gasteiger partial charge on any atom is -0.489 e. The molecule has 1 aromatic rings. The van der Waals surface area contributed by atoms with Gasteiger partial charge in [0.1, 0.15) is 5.54 Å². The molecule has 19 heavy (non-hydrogen) atoms. The van der Waals surface area contributed by atoms with Gasteiger partial charge in [-0.05, 0) is 31.4 Å². The molecular weight excluding hydrogens is 249 g/mol. The highest BCUT2D eigenvalue weighted by molar-refractivity contribution is 5.53. The van der Waals surface area contributed by atoms with Gasteiger partial charge in [0.05, 0.1) is 13.2 Å². The van der Waals surface area contributed by atoms with Crippen molar-refractivity contribution in [3.63, 3.8) is 0 Å². The maximum atomic E-state index is 13.8. The fourth-order valence-electron chi connectivity index (χ4n) is 2.63. The van der Waals surface area contributed by atoms with Gasteiger partial charge in [0.2, 0.25) is 6.08 Å². The van der Waals surface area contributed by atoms with Gasteiger partial charge >= 0.3 is 0 Å². The monoisotopic (exact) mass is 263 g/mol. The van der Waals surface area contributed by atoms with Crippen LogP contribution in [0.2, 0.25) is 0 Å². The van der Waals surface area contributed by atoms with E-state index in [4.69, 9.17) is 9.47 Å². The summed E-state index contributed by atoms with van der Waals surface area (Å²) in [6.07, 6.45) is 4.83. The van der Waals surface area contributed by atoms with Gasteiger partial charge in [-0.15, -0.1) is 0 Å². The highest BCUT2D eigenvalue weighted by Gasteiger charge is 2.42. The lowest BCUT2D eigenvalue weighted by molar-refractivity contribution is 0.237. The van der Waals surface area contributed by atoms with Crippen molar-refractivity contribution in [2.75, 3.05) is 13.2 Å². The van der Waals surface area contributed by atoms with Gasteiger partial charge in [0.15, 0.2) is 17.3 Å². The molecule has 1 aliphatic carbocycles. The lowest BCUT2D eigenvalue weighted by Crippen LogP contribution is -2.32. The lowest BCUT2D eigenvalue weighted by Gasteiger charge is -2.38. The number of hydrogen-bond acceptors (Lipinski definition) is 4. The van der Waals surface area contributed by atoms with Crippen LogP contribution in [0.3, 0.4) is 0 Å². The van der Waals surface area contributed by atoms with Crippen LogP contribution in [0.5, 0.6) is 11.5 Å². The number of ether oxygens (including phenoxy) is 2. The van der Waals surface area contributed by atoms with Crippen molar-refractivity contribution in [1.29, 1.82) is 0 Å². The maximum absolute atomic E-state index is 13.8. The summed E-state index contributed by atoms with van der Waals surface area (Å²) >= 11 is 0. The van der Waals surface area contributed by atoms with Crippen molar-refractivity contribution >= 4 is 6.08 Å². The summed E-state index contributed by atoms with van der Waals surface area (Å²) in [7, 11) is 0. The minimum absolute atomic E-state index is 0.141. The summed E-state index contributed by atoms with van der Waals surface area (Å²) in [5.74, 6) is 0.101. The van der Waals surface area contributed by atoms with Gasteiger partial charge in [-0.3, -0.25) is 0 Å². The molecule has 0 N–H and O–H groups in total. The van der Waals surface area contributed by atoms with Crippen LogP contribution in [0.15, 0.2) is 17.1 Å². The second kappa shape index (κ2) is 4.67. The summed E-state index contributed by atoms with van der Waals surface area (Å²) < 4.78 is 24.9. The van der Waals surface area contributed by atoms with E-state index in [1.54, 1.807) is 12.1 Å². The van der Waals surface area contributed by atoms with Crippen LogP contribution in [0.4, 0.5) is 4.39 Å². The van der Waals surface area contributed by atoms with Crippen LogP contribution in [0.1, 0.15) is 31.2 Å². The predicted octanol–water partition coefficient (Wildman–Crippen LogP) is 2.70. The fraction of sp³-hybridized carbons (Fsp3) is 0.500. The van der Waals surface area contributed by atoms with E-state index >= 15 is 0 Å². The van der Waals surface area contributed by atoms with Crippen molar-refractivity contribution in [3.8, 4) is 11.5 Å². The number of rotatable bonds is 2. The summed E-state index contributed by atoms with van der Waals surface area (Å²) in [6.45, 7) is 0.904. The Kier molecular flexibility index (Phi) is 2.99. The normalized spacial score (nSPS) is 19.8. The second-order valence-corrected chi connectivity index (χ2v) is 4.89. The van der Waals surface area contributed by atoms with Crippen LogP contribution >= 0.6 is 0 Å². The van der Waals surface area contributed by atoms with Gasteiger partial charge in [-0.1, -0.05) is 0 Å². The largest absolute Gasteiger partial charge is 0.489 e. The van der Waals surface area contributed by atoms with Gasteiger partial charge < -0.3 is 9.47 Å². The molecule has 0 bridgehead atoms. The molecule has 0 unspecified atom stereocenters. The SMILES string of the molecule is O=C=NC1(c2ccc(F)c3c2OCCCO3)CCC1. The summed E-state index contributed by atoms with van der Waals surface area (Å²) in [6, 6.07) is 2.99. The number of nitrogens with zero attached hydrogens (tertiary/aromatic N) is 1. The molecule has 4 nitrogen and oxygen atoms in total. The molecule has 5 heteroatoms. The Hall–Kier alpha value is -1.87. The third-order valence-electron chi connectivity index (χ3n) is 3.79. The van der Waals surface area contributed by atoms with Crippen molar-refractivity contribution < 1.29 is 18.7 Å². The van der Waals surface area contributed by atoms with E-state index in [1.807, 2.05) is 0 Å². The van der Waals surface area contributed by atoms with E-state index in [0.717, 1.165) is 24.8 Å². The topological polar surface area (TPSA) is 47.9 Å². The van der Waals surface area contributed by atoms with Crippen molar-refractivity contribution in [2.45, 2.75) is 31.2 Å². The summed E-state index contributed by atoms with van der Waals surface area (Å²) in [5.41, 5.74) is 0.133. The fourth-order valence-corrected chi connectivity index (χ4v) is 2.63. The molecule has 2 aliphatic rings. The minimum atomic E-state index is -0.604. The van der Waals surface area contributed by atoms with E-state index in [1.165, 1.54) is 6.07 Å². The van der Waals surface area contributed by atoms with Crippen LogP contribution in [-0.2, 0) is 10.3 Å². The van der Waals surface area contributed by atoms with Crippen molar-refractivity contribution in [1.82, 2.24) is 0 Å². The molecule has 0 atom stereocenters. The molecule has 0 saturated heterocycles. The molecule has 1 fully saturated rings. The third kappa shape index (κ3) is 1.90. The number of aliphatic imine (C=N–C) groups is 1. The van der Waals surface area contributed by atoms with Crippen LogP contribution < -0.4 is 9.47 Å². The zero-order valence-electron chi connectivity index (χ0n) is 10.4. The number of halogens is 1. The average molecular weight is 263 g/mol. The Bertz CT molecular complexity index is 548. The number of benzene rings is 1. The maximum Gasteiger partial charge on any atom is 0.235 e. The smallest absolute Gasteiger partial charge is 0.235 e. The quantitative estimate of drug-likeness (QED) is 0.609. The van der Waals surface area contributed by atoms with Gasteiger partial charge in [0.25, 0.3) is 0 Å². The number of fused-ring (bicyclic) bond motifs is 1. The van der Waals surface area contributed by atoms with E-state index in [0.29, 0.717) is 25.4 Å². The lowest BCUT2D eigenvalue weighted by atomic mass is 9.72. The highest BCUT2D eigenvalue weighted by Crippen LogP contribution is 2.51. The first-order valence-electron chi connectivity index (χ1n) is 6.44. The van der Waals surface area contributed by atoms with Crippen LogP contribution in [0, 0.1) is 5.82 Å². The summed E-state index contributed by atoms with van der Waals surface area (Å²) in [5, 5.41) is 0. The number of hydrogen-bond donors (Lipinski definition) is 0. The van der Waals surface area contributed by atoms with E-state index in [9.17, 15) is 9.18 Å². The Morgan fingerprint density at radius 2 is 1.89 bits per heavy atom. The zero-order valence-corrected chi connectivity index (χ0v) is 10.4.